The first-order valence-electron chi connectivity index (χ1n) is 8.27. The van der Waals surface area contributed by atoms with Crippen LogP contribution in [0.15, 0.2) is 23.1 Å². The molecular weight excluding hydrogens is 328 g/mol. The molecule has 24 heavy (non-hydrogen) atoms. The molecule has 1 aromatic carbocycles. The number of rotatable bonds is 9. The lowest BCUT2D eigenvalue weighted by molar-refractivity contribution is -0.123. The van der Waals surface area contributed by atoms with Crippen LogP contribution >= 0.6 is 0 Å². The Kier molecular flexibility index (Phi) is 7.69. The summed E-state index contributed by atoms with van der Waals surface area (Å²) in [6.45, 7) is 9.63. The average Bonchev–Trinajstić information content (AvgIpc) is 2.49. The second-order valence-electron chi connectivity index (χ2n) is 5.90. The third-order valence-corrected chi connectivity index (χ3v) is 5.13. The van der Waals surface area contributed by atoms with Gasteiger partial charge in [-0.3, -0.25) is 4.79 Å². The van der Waals surface area contributed by atoms with E-state index in [1.165, 1.54) is 19.1 Å². The van der Waals surface area contributed by atoms with Crippen molar-refractivity contribution in [3.63, 3.8) is 0 Å². The summed E-state index contributed by atoms with van der Waals surface area (Å²) in [4.78, 5) is 12.2. The standard InChI is InChI=1S/C17H28N2O4S/c1-6-8-13(4)18-17(20)14(5)19-24(21,22)15-9-10-16(23-7-2)12(3)11-15/h9-11,13-14,19H,6-8H2,1-5H3,(H,18,20)/t13-,14-/m1/s1. The lowest BCUT2D eigenvalue weighted by Crippen LogP contribution is -2.47. The maximum Gasteiger partial charge on any atom is 0.241 e. The van der Waals surface area contributed by atoms with E-state index in [0.29, 0.717) is 12.4 Å². The fourth-order valence-corrected chi connectivity index (χ4v) is 3.62. The van der Waals surface area contributed by atoms with Crippen molar-refractivity contribution in [2.45, 2.75) is 64.4 Å². The molecule has 0 aliphatic heterocycles. The Morgan fingerprint density at radius 3 is 2.46 bits per heavy atom. The SMILES string of the molecule is CCC[C@@H](C)NC(=O)[C@@H](C)NS(=O)(=O)c1ccc(OCC)c(C)c1. The molecule has 2 N–H and O–H groups in total. The van der Waals surface area contributed by atoms with Crippen molar-refractivity contribution in [1.82, 2.24) is 10.0 Å². The van der Waals surface area contributed by atoms with Gasteiger partial charge in [-0.05, 0) is 57.9 Å². The smallest absolute Gasteiger partial charge is 0.241 e. The van der Waals surface area contributed by atoms with Crippen molar-refractivity contribution in [1.29, 1.82) is 0 Å². The molecule has 0 radical (unpaired) electrons. The molecule has 0 unspecified atom stereocenters. The predicted molar refractivity (Wildman–Crippen MR) is 94.6 cm³/mol. The Balaban J connectivity index is 2.82. The highest BCUT2D eigenvalue weighted by Crippen LogP contribution is 2.21. The zero-order valence-corrected chi connectivity index (χ0v) is 15.9. The number of hydrogen-bond acceptors (Lipinski definition) is 4. The van der Waals surface area contributed by atoms with Gasteiger partial charge in [-0.1, -0.05) is 13.3 Å². The molecule has 0 aromatic heterocycles. The summed E-state index contributed by atoms with van der Waals surface area (Å²) in [5, 5.41) is 2.81. The molecular formula is C17H28N2O4S. The van der Waals surface area contributed by atoms with Gasteiger partial charge in [0.05, 0.1) is 17.5 Å². The van der Waals surface area contributed by atoms with Crippen LogP contribution in [0.4, 0.5) is 0 Å². The molecule has 0 saturated carbocycles. The second kappa shape index (κ2) is 9.03. The van der Waals surface area contributed by atoms with Crippen LogP contribution in [0.5, 0.6) is 5.75 Å². The lowest BCUT2D eigenvalue weighted by Gasteiger charge is -2.18. The largest absolute Gasteiger partial charge is 0.494 e. The summed E-state index contributed by atoms with van der Waals surface area (Å²) in [6, 6.07) is 3.81. The Hall–Kier alpha value is -1.60. The number of carbonyl (C=O) groups excluding carboxylic acids is 1. The van der Waals surface area contributed by atoms with E-state index in [-0.39, 0.29) is 16.8 Å². The topological polar surface area (TPSA) is 84.5 Å². The molecule has 1 aromatic rings. The quantitative estimate of drug-likeness (QED) is 0.711. The van der Waals surface area contributed by atoms with Gasteiger partial charge in [0.2, 0.25) is 15.9 Å². The summed E-state index contributed by atoms with van der Waals surface area (Å²) >= 11 is 0. The maximum absolute atomic E-state index is 12.4. The van der Waals surface area contributed by atoms with E-state index in [1.807, 2.05) is 20.8 Å². The summed E-state index contributed by atoms with van der Waals surface area (Å²) in [5.41, 5.74) is 0.730. The number of aryl methyl sites for hydroxylation is 1. The Morgan fingerprint density at radius 2 is 1.92 bits per heavy atom. The number of benzene rings is 1. The van der Waals surface area contributed by atoms with Crippen molar-refractivity contribution < 1.29 is 17.9 Å². The molecule has 0 bridgehead atoms. The molecule has 0 aliphatic carbocycles. The van der Waals surface area contributed by atoms with E-state index in [2.05, 4.69) is 10.0 Å². The van der Waals surface area contributed by atoms with Gasteiger partial charge in [0.25, 0.3) is 0 Å². The van der Waals surface area contributed by atoms with Crippen molar-refractivity contribution in [2.24, 2.45) is 0 Å². The fourth-order valence-electron chi connectivity index (χ4n) is 2.33. The highest BCUT2D eigenvalue weighted by atomic mass is 32.2. The summed E-state index contributed by atoms with van der Waals surface area (Å²) < 4.78 is 32.7. The zero-order chi connectivity index (χ0) is 18.3. The summed E-state index contributed by atoms with van der Waals surface area (Å²) in [7, 11) is -3.77. The maximum atomic E-state index is 12.4. The number of sulfonamides is 1. The first-order valence-corrected chi connectivity index (χ1v) is 9.75. The molecule has 0 heterocycles. The fraction of sp³-hybridized carbons (Fsp3) is 0.588. The first kappa shape index (κ1) is 20.4. The van der Waals surface area contributed by atoms with E-state index in [1.54, 1.807) is 13.0 Å². The van der Waals surface area contributed by atoms with E-state index in [0.717, 1.165) is 18.4 Å². The van der Waals surface area contributed by atoms with Gasteiger partial charge in [0.1, 0.15) is 5.75 Å². The average molecular weight is 356 g/mol. The van der Waals surface area contributed by atoms with Crippen LogP contribution in [-0.2, 0) is 14.8 Å². The molecule has 1 amide bonds. The molecule has 0 saturated heterocycles. The predicted octanol–water partition coefficient (Wildman–Crippen LogP) is 2.37. The highest BCUT2D eigenvalue weighted by Gasteiger charge is 2.23. The third kappa shape index (κ3) is 5.79. The van der Waals surface area contributed by atoms with Gasteiger partial charge in [-0.15, -0.1) is 0 Å². The van der Waals surface area contributed by atoms with Crippen molar-refractivity contribution in [3.8, 4) is 5.75 Å². The van der Waals surface area contributed by atoms with Crippen molar-refractivity contribution >= 4 is 15.9 Å². The van der Waals surface area contributed by atoms with E-state index < -0.39 is 16.1 Å². The van der Waals surface area contributed by atoms with Crippen LogP contribution in [0.25, 0.3) is 0 Å². The van der Waals surface area contributed by atoms with Gasteiger partial charge in [-0.25, -0.2) is 8.42 Å². The normalized spacial score (nSPS) is 14.0. The molecule has 136 valence electrons. The Bertz CT molecular complexity index is 659. The number of hydrogen-bond donors (Lipinski definition) is 2. The molecule has 6 nitrogen and oxygen atoms in total. The summed E-state index contributed by atoms with van der Waals surface area (Å²) in [6.07, 6.45) is 1.80. The molecule has 0 aliphatic rings. The van der Waals surface area contributed by atoms with Gasteiger partial charge in [0.15, 0.2) is 0 Å². The van der Waals surface area contributed by atoms with Crippen LogP contribution in [0, 0.1) is 6.92 Å². The van der Waals surface area contributed by atoms with Gasteiger partial charge < -0.3 is 10.1 Å². The van der Waals surface area contributed by atoms with E-state index in [4.69, 9.17) is 4.74 Å². The molecule has 7 heteroatoms. The Morgan fingerprint density at radius 1 is 1.25 bits per heavy atom. The molecule has 1 rings (SSSR count). The summed E-state index contributed by atoms with van der Waals surface area (Å²) in [5.74, 6) is 0.317. The highest BCUT2D eigenvalue weighted by molar-refractivity contribution is 7.89. The van der Waals surface area contributed by atoms with Crippen LogP contribution in [0.1, 0.15) is 46.1 Å². The minimum atomic E-state index is -3.77. The molecule has 2 atom stereocenters. The second-order valence-corrected chi connectivity index (χ2v) is 7.62. The van der Waals surface area contributed by atoms with Crippen molar-refractivity contribution in [3.05, 3.63) is 23.8 Å². The van der Waals surface area contributed by atoms with Gasteiger partial charge in [-0.2, -0.15) is 4.72 Å². The van der Waals surface area contributed by atoms with Gasteiger partial charge in [0, 0.05) is 6.04 Å². The monoisotopic (exact) mass is 356 g/mol. The van der Waals surface area contributed by atoms with Crippen molar-refractivity contribution in [2.75, 3.05) is 6.61 Å². The number of nitrogens with one attached hydrogen (secondary N) is 2. The van der Waals surface area contributed by atoms with Crippen LogP contribution < -0.4 is 14.8 Å². The van der Waals surface area contributed by atoms with E-state index >= 15 is 0 Å². The number of ether oxygens (including phenoxy) is 1. The lowest BCUT2D eigenvalue weighted by atomic mass is 10.2. The van der Waals surface area contributed by atoms with E-state index in [9.17, 15) is 13.2 Å². The molecule has 0 fully saturated rings. The number of amides is 1. The zero-order valence-electron chi connectivity index (χ0n) is 15.0. The number of carbonyl (C=O) groups is 1. The molecule has 0 spiro atoms. The minimum absolute atomic E-state index is 0.0159. The third-order valence-electron chi connectivity index (χ3n) is 3.59. The van der Waals surface area contributed by atoms with Crippen LogP contribution in [-0.4, -0.2) is 33.0 Å². The van der Waals surface area contributed by atoms with Crippen LogP contribution in [0.2, 0.25) is 0 Å². The van der Waals surface area contributed by atoms with Gasteiger partial charge >= 0.3 is 0 Å². The minimum Gasteiger partial charge on any atom is -0.494 e. The first-order chi connectivity index (χ1) is 11.2. The van der Waals surface area contributed by atoms with Crippen LogP contribution in [0.3, 0.4) is 0 Å². The Labute approximate surface area is 145 Å².